The van der Waals surface area contributed by atoms with Gasteiger partial charge in [-0.1, -0.05) is 0 Å². The molecule has 3 rings (SSSR count). The molecule has 0 bridgehead atoms. The minimum Gasteiger partial charge on any atom is -0.355 e. The van der Waals surface area contributed by atoms with E-state index >= 15 is 0 Å². The molecule has 0 radical (unpaired) electrons. The molecule has 0 unspecified atom stereocenters. The molecule has 2 N–H and O–H groups in total. The minimum absolute atomic E-state index is 0.0176. The number of carbonyl (C=O) groups excluding carboxylic acids is 2. The van der Waals surface area contributed by atoms with Crippen LogP contribution in [0.15, 0.2) is 12.4 Å². The first-order valence-electron chi connectivity index (χ1n) is 9.83. The Bertz CT molecular complexity index is 625. The van der Waals surface area contributed by atoms with Crippen LogP contribution < -0.4 is 10.6 Å². The van der Waals surface area contributed by atoms with Gasteiger partial charge in [-0.25, -0.2) is 4.98 Å². The quantitative estimate of drug-likeness (QED) is 0.695. The number of imidazole rings is 1. The Morgan fingerprint density at radius 3 is 2.65 bits per heavy atom. The molecule has 1 aromatic rings. The van der Waals surface area contributed by atoms with Crippen molar-refractivity contribution < 1.29 is 9.59 Å². The second-order valence-corrected chi connectivity index (χ2v) is 7.57. The number of hydrogen-bond donors (Lipinski definition) is 2. The number of aromatic nitrogens is 2. The topological polar surface area (TPSA) is 79.3 Å². The van der Waals surface area contributed by atoms with Crippen LogP contribution in [-0.2, 0) is 22.7 Å². The predicted molar refractivity (Wildman–Crippen MR) is 99.3 cm³/mol. The van der Waals surface area contributed by atoms with Crippen molar-refractivity contribution in [2.75, 3.05) is 13.1 Å². The van der Waals surface area contributed by atoms with Gasteiger partial charge < -0.3 is 15.2 Å². The van der Waals surface area contributed by atoms with E-state index in [0.29, 0.717) is 25.6 Å². The maximum Gasteiger partial charge on any atom is 0.221 e. The molecule has 2 amide bonds. The third-order valence-electron chi connectivity index (χ3n) is 5.53. The van der Waals surface area contributed by atoms with Crippen LogP contribution in [0, 0.1) is 5.92 Å². The molecule has 0 aromatic carbocycles. The Kier molecular flexibility index (Phi) is 6.29. The number of nitrogens with zero attached hydrogens (tertiary/aromatic N) is 3. The smallest absolute Gasteiger partial charge is 0.221 e. The van der Waals surface area contributed by atoms with Crippen molar-refractivity contribution in [1.82, 2.24) is 25.1 Å². The Morgan fingerprint density at radius 1 is 1.19 bits per heavy atom. The number of likely N-dealkylation sites (tertiary alicyclic amines) is 1. The van der Waals surface area contributed by atoms with Gasteiger partial charge in [0.15, 0.2) is 0 Å². The van der Waals surface area contributed by atoms with Crippen LogP contribution in [0.3, 0.4) is 0 Å². The van der Waals surface area contributed by atoms with Crippen molar-refractivity contribution in [2.24, 2.45) is 5.92 Å². The summed E-state index contributed by atoms with van der Waals surface area (Å²) >= 11 is 0. The van der Waals surface area contributed by atoms with E-state index in [1.807, 2.05) is 10.8 Å². The molecule has 7 heteroatoms. The average molecular weight is 361 g/mol. The summed E-state index contributed by atoms with van der Waals surface area (Å²) in [6.07, 6.45) is 8.88. The maximum absolute atomic E-state index is 12.5. The van der Waals surface area contributed by atoms with E-state index in [2.05, 4.69) is 27.4 Å². The number of amides is 2. The number of hydrogen-bond acceptors (Lipinski definition) is 4. The molecule has 7 nitrogen and oxygen atoms in total. The second kappa shape index (κ2) is 8.66. The molecule has 144 valence electrons. The lowest BCUT2D eigenvalue weighted by atomic mass is 10.1. The van der Waals surface area contributed by atoms with Crippen LogP contribution in [0.4, 0.5) is 0 Å². The zero-order valence-electron chi connectivity index (χ0n) is 15.9. The molecule has 2 fully saturated rings. The number of nitrogens with one attached hydrogen (secondary N) is 2. The van der Waals surface area contributed by atoms with Crippen molar-refractivity contribution in [1.29, 1.82) is 0 Å². The van der Waals surface area contributed by atoms with Crippen LogP contribution in [0.5, 0.6) is 0 Å². The zero-order chi connectivity index (χ0) is 18.5. The molecule has 2 aliphatic rings. The van der Waals surface area contributed by atoms with Crippen molar-refractivity contribution >= 4 is 11.8 Å². The summed E-state index contributed by atoms with van der Waals surface area (Å²) in [5, 5.41) is 5.97. The van der Waals surface area contributed by atoms with Crippen LogP contribution in [-0.4, -0.2) is 51.4 Å². The molecule has 1 aliphatic heterocycles. The van der Waals surface area contributed by atoms with Crippen LogP contribution in [0.25, 0.3) is 0 Å². The monoisotopic (exact) mass is 361 g/mol. The second-order valence-electron chi connectivity index (χ2n) is 7.57. The van der Waals surface area contributed by atoms with Gasteiger partial charge in [-0.05, 0) is 38.5 Å². The average Bonchev–Trinajstić information content (AvgIpc) is 3.18. The first kappa shape index (κ1) is 18.9. The lowest BCUT2D eigenvalue weighted by molar-refractivity contribution is -0.123. The van der Waals surface area contributed by atoms with E-state index in [-0.39, 0.29) is 17.9 Å². The normalized spacial score (nSPS) is 23.2. The largest absolute Gasteiger partial charge is 0.355 e. The lowest BCUT2D eigenvalue weighted by Crippen LogP contribution is -2.45. The van der Waals surface area contributed by atoms with Crippen molar-refractivity contribution in [2.45, 2.75) is 71.1 Å². The van der Waals surface area contributed by atoms with Gasteiger partial charge in [0.25, 0.3) is 0 Å². The third kappa shape index (κ3) is 5.06. The van der Waals surface area contributed by atoms with E-state index < -0.39 is 0 Å². The summed E-state index contributed by atoms with van der Waals surface area (Å²) < 4.78 is 2.04. The predicted octanol–water partition coefficient (Wildman–Crippen LogP) is 1.29. The van der Waals surface area contributed by atoms with Crippen molar-refractivity contribution in [3.05, 3.63) is 18.2 Å². The van der Waals surface area contributed by atoms with Gasteiger partial charge in [0.1, 0.15) is 5.82 Å². The van der Waals surface area contributed by atoms with Gasteiger partial charge in [-0.2, -0.15) is 0 Å². The Morgan fingerprint density at radius 2 is 1.96 bits per heavy atom. The number of carbonyl (C=O) groups is 2. The van der Waals surface area contributed by atoms with E-state index in [4.69, 9.17) is 0 Å². The highest BCUT2D eigenvalue weighted by Crippen LogP contribution is 2.35. The SMILES string of the molecule is CCn1ccnc1CNC(=O)C[C@@H]1CC[C@H](CNC(C)=O)N1CC1CC1. The molecule has 1 aliphatic carbocycles. The maximum atomic E-state index is 12.5. The fourth-order valence-corrected chi connectivity index (χ4v) is 3.87. The summed E-state index contributed by atoms with van der Waals surface area (Å²) in [5.41, 5.74) is 0. The number of aryl methyl sites for hydroxylation is 1. The van der Waals surface area contributed by atoms with Crippen molar-refractivity contribution in [3.8, 4) is 0 Å². The molecular weight excluding hydrogens is 330 g/mol. The van der Waals surface area contributed by atoms with E-state index in [1.165, 1.54) is 12.8 Å². The van der Waals surface area contributed by atoms with Crippen LogP contribution in [0.1, 0.15) is 51.8 Å². The Labute approximate surface area is 155 Å². The van der Waals surface area contributed by atoms with E-state index in [9.17, 15) is 9.59 Å². The molecule has 2 heterocycles. The summed E-state index contributed by atoms with van der Waals surface area (Å²) in [7, 11) is 0. The molecule has 1 saturated heterocycles. The van der Waals surface area contributed by atoms with E-state index in [0.717, 1.165) is 37.7 Å². The highest BCUT2D eigenvalue weighted by atomic mass is 16.2. The fourth-order valence-electron chi connectivity index (χ4n) is 3.87. The summed E-state index contributed by atoms with van der Waals surface area (Å²) in [5.74, 6) is 1.77. The Hall–Kier alpha value is -1.89. The van der Waals surface area contributed by atoms with Crippen LogP contribution in [0.2, 0.25) is 0 Å². The van der Waals surface area contributed by atoms with Gasteiger partial charge in [0, 0.05) is 57.5 Å². The highest BCUT2D eigenvalue weighted by Gasteiger charge is 2.37. The molecule has 26 heavy (non-hydrogen) atoms. The third-order valence-corrected chi connectivity index (χ3v) is 5.53. The van der Waals surface area contributed by atoms with E-state index in [1.54, 1.807) is 13.1 Å². The molecule has 1 aromatic heterocycles. The van der Waals surface area contributed by atoms with Gasteiger partial charge in [-0.15, -0.1) is 0 Å². The van der Waals surface area contributed by atoms with Gasteiger partial charge in [0.2, 0.25) is 11.8 Å². The lowest BCUT2D eigenvalue weighted by Gasteiger charge is -2.30. The first-order chi connectivity index (χ1) is 12.6. The van der Waals surface area contributed by atoms with Gasteiger partial charge >= 0.3 is 0 Å². The van der Waals surface area contributed by atoms with Crippen LogP contribution >= 0.6 is 0 Å². The minimum atomic E-state index is 0.0176. The summed E-state index contributed by atoms with van der Waals surface area (Å²) in [6.45, 7) is 6.70. The van der Waals surface area contributed by atoms with Gasteiger partial charge in [0.05, 0.1) is 6.54 Å². The fraction of sp³-hybridized carbons (Fsp3) is 0.737. The first-order valence-corrected chi connectivity index (χ1v) is 9.83. The summed E-state index contributed by atoms with van der Waals surface area (Å²) in [4.78, 5) is 30.5. The van der Waals surface area contributed by atoms with Gasteiger partial charge in [-0.3, -0.25) is 14.5 Å². The molecule has 2 atom stereocenters. The Balaban J connectivity index is 1.51. The molecule has 0 spiro atoms. The summed E-state index contributed by atoms with van der Waals surface area (Å²) in [6, 6.07) is 0.636. The molecule has 1 saturated carbocycles. The molecular formula is C19H31N5O2. The van der Waals surface area contributed by atoms with Crippen molar-refractivity contribution in [3.63, 3.8) is 0 Å². The highest BCUT2D eigenvalue weighted by molar-refractivity contribution is 5.76. The number of rotatable bonds is 9. The standard InChI is InChI=1S/C19H31N5O2/c1-3-23-9-8-20-18(23)12-22-19(26)10-16-6-7-17(11-21-14(2)25)24(16)13-15-4-5-15/h8-9,15-17H,3-7,10-13H2,1-2H3,(H,21,25)(H,22,26)/t16-,17+/m0/s1. The zero-order valence-corrected chi connectivity index (χ0v) is 15.9.